The molecule has 0 spiro atoms. The Kier molecular flexibility index (Phi) is 3.24. The lowest BCUT2D eigenvalue weighted by Gasteiger charge is -2.25. The molecule has 0 atom stereocenters. The van der Waals surface area contributed by atoms with E-state index in [-0.39, 0.29) is 0 Å². The SMILES string of the molecule is Brc1ccc(-c2nc(N3CCNCC3)n[nH]2)nc1. The molecule has 1 aliphatic heterocycles. The first-order valence-electron chi connectivity index (χ1n) is 5.83. The highest BCUT2D eigenvalue weighted by Gasteiger charge is 2.15. The van der Waals surface area contributed by atoms with Gasteiger partial charge in [-0.15, -0.1) is 5.10 Å². The van der Waals surface area contributed by atoms with Crippen molar-refractivity contribution in [3.05, 3.63) is 22.8 Å². The van der Waals surface area contributed by atoms with Crippen LogP contribution in [0.25, 0.3) is 11.5 Å². The van der Waals surface area contributed by atoms with E-state index in [0.29, 0.717) is 5.82 Å². The average molecular weight is 309 g/mol. The van der Waals surface area contributed by atoms with E-state index in [1.54, 1.807) is 6.20 Å². The van der Waals surface area contributed by atoms with Crippen molar-refractivity contribution in [2.45, 2.75) is 0 Å². The van der Waals surface area contributed by atoms with Crippen LogP contribution in [-0.2, 0) is 0 Å². The van der Waals surface area contributed by atoms with E-state index in [9.17, 15) is 0 Å². The zero-order valence-electron chi connectivity index (χ0n) is 9.73. The summed E-state index contributed by atoms with van der Waals surface area (Å²) in [6.07, 6.45) is 1.75. The molecule has 6 nitrogen and oxygen atoms in total. The van der Waals surface area contributed by atoms with Crippen LogP contribution in [0.5, 0.6) is 0 Å². The summed E-state index contributed by atoms with van der Waals surface area (Å²) in [4.78, 5) is 10.9. The van der Waals surface area contributed by atoms with Crippen molar-refractivity contribution < 1.29 is 0 Å². The molecule has 1 saturated heterocycles. The van der Waals surface area contributed by atoms with Crippen LogP contribution in [0.2, 0.25) is 0 Å². The van der Waals surface area contributed by atoms with Crippen molar-refractivity contribution >= 4 is 21.9 Å². The first-order chi connectivity index (χ1) is 8.83. The normalized spacial score (nSPS) is 15.9. The van der Waals surface area contributed by atoms with Gasteiger partial charge in [0.05, 0.1) is 0 Å². The summed E-state index contributed by atoms with van der Waals surface area (Å²) >= 11 is 3.36. The molecule has 0 unspecified atom stereocenters. The van der Waals surface area contributed by atoms with Gasteiger partial charge >= 0.3 is 0 Å². The molecule has 3 heterocycles. The van der Waals surface area contributed by atoms with Crippen LogP contribution >= 0.6 is 15.9 Å². The summed E-state index contributed by atoms with van der Waals surface area (Å²) in [6.45, 7) is 3.82. The van der Waals surface area contributed by atoms with Gasteiger partial charge in [0.15, 0.2) is 5.82 Å². The molecular formula is C11H13BrN6. The number of halogens is 1. The number of aromatic nitrogens is 4. The molecule has 18 heavy (non-hydrogen) atoms. The number of aromatic amines is 1. The fourth-order valence-electron chi connectivity index (χ4n) is 1.89. The lowest BCUT2D eigenvalue weighted by atomic mass is 10.3. The minimum atomic E-state index is 0.705. The van der Waals surface area contributed by atoms with Gasteiger partial charge in [0.1, 0.15) is 5.69 Å². The van der Waals surface area contributed by atoms with Gasteiger partial charge in [-0.1, -0.05) is 0 Å². The van der Waals surface area contributed by atoms with E-state index in [1.165, 1.54) is 0 Å². The fraction of sp³-hybridized carbons (Fsp3) is 0.364. The molecule has 2 aromatic heterocycles. The molecule has 2 N–H and O–H groups in total. The van der Waals surface area contributed by atoms with Gasteiger partial charge in [-0.3, -0.25) is 10.1 Å². The van der Waals surface area contributed by atoms with Crippen LogP contribution in [0.1, 0.15) is 0 Å². The van der Waals surface area contributed by atoms with Gasteiger partial charge in [0.2, 0.25) is 5.95 Å². The van der Waals surface area contributed by atoms with Gasteiger partial charge in [-0.2, -0.15) is 4.98 Å². The monoisotopic (exact) mass is 308 g/mol. The maximum Gasteiger partial charge on any atom is 0.245 e. The number of pyridine rings is 1. The molecule has 0 amide bonds. The zero-order chi connectivity index (χ0) is 12.4. The molecule has 3 rings (SSSR count). The summed E-state index contributed by atoms with van der Waals surface area (Å²) in [6, 6.07) is 3.85. The maximum absolute atomic E-state index is 4.49. The Balaban J connectivity index is 1.82. The Morgan fingerprint density at radius 1 is 1.22 bits per heavy atom. The topological polar surface area (TPSA) is 69.7 Å². The minimum Gasteiger partial charge on any atom is -0.337 e. The standard InChI is InChI=1S/C11H13BrN6/c12-8-1-2-9(14-7-8)10-15-11(17-16-10)18-5-3-13-4-6-18/h1-2,7,13H,3-6H2,(H,15,16,17). The van der Waals surface area contributed by atoms with Crippen molar-refractivity contribution in [1.29, 1.82) is 0 Å². The highest BCUT2D eigenvalue weighted by molar-refractivity contribution is 9.10. The lowest BCUT2D eigenvalue weighted by molar-refractivity contribution is 0.580. The van der Waals surface area contributed by atoms with Gasteiger partial charge in [0, 0.05) is 36.8 Å². The van der Waals surface area contributed by atoms with E-state index in [1.807, 2.05) is 12.1 Å². The van der Waals surface area contributed by atoms with Gasteiger partial charge in [0.25, 0.3) is 0 Å². The Morgan fingerprint density at radius 2 is 2.06 bits per heavy atom. The Bertz CT molecular complexity index is 517. The third-order valence-electron chi connectivity index (χ3n) is 2.84. The highest BCUT2D eigenvalue weighted by Crippen LogP contribution is 2.17. The number of anilines is 1. The quantitative estimate of drug-likeness (QED) is 0.867. The largest absolute Gasteiger partial charge is 0.337 e. The molecule has 7 heteroatoms. The van der Waals surface area contributed by atoms with Crippen molar-refractivity contribution in [1.82, 2.24) is 25.5 Å². The van der Waals surface area contributed by atoms with Crippen molar-refractivity contribution in [3.63, 3.8) is 0 Å². The molecule has 0 bridgehead atoms. The predicted molar refractivity (Wildman–Crippen MR) is 72.4 cm³/mol. The number of rotatable bonds is 2. The smallest absolute Gasteiger partial charge is 0.245 e. The first-order valence-corrected chi connectivity index (χ1v) is 6.62. The molecule has 1 aliphatic rings. The molecule has 2 aromatic rings. The first kappa shape index (κ1) is 11.6. The van der Waals surface area contributed by atoms with E-state index < -0.39 is 0 Å². The number of hydrogen-bond donors (Lipinski definition) is 2. The molecule has 0 saturated carbocycles. The molecule has 0 aliphatic carbocycles. The van der Waals surface area contributed by atoms with Gasteiger partial charge in [-0.25, -0.2) is 0 Å². The second kappa shape index (κ2) is 5.03. The second-order valence-electron chi connectivity index (χ2n) is 4.08. The number of piperazine rings is 1. The summed E-state index contributed by atoms with van der Waals surface area (Å²) in [5.74, 6) is 1.45. The second-order valence-corrected chi connectivity index (χ2v) is 5.00. The summed E-state index contributed by atoms with van der Waals surface area (Å²) in [5, 5.41) is 10.5. The van der Waals surface area contributed by atoms with Crippen LogP contribution in [0.3, 0.4) is 0 Å². The van der Waals surface area contributed by atoms with E-state index in [2.05, 4.69) is 46.3 Å². The summed E-state index contributed by atoms with van der Waals surface area (Å²) in [5.41, 5.74) is 0.798. The number of nitrogens with one attached hydrogen (secondary N) is 2. The van der Waals surface area contributed by atoms with Crippen molar-refractivity contribution in [3.8, 4) is 11.5 Å². The molecular weight excluding hydrogens is 296 g/mol. The summed E-state index contributed by atoms with van der Waals surface area (Å²) in [7, 11) is 0. The average Bonchev–Trinajstić information content (AvgIpc) is 2.90. The van der Waals surface area contributed by atoms with Crippen LogP contribution in [0, 0.1) is 0 Å². The number of hydrogen-bond acceptors (Lipinski definition) is 5. The third kappa shape index (κ3) is 2.37. The Labute approximate surface area is 113 Å². The zero-order valence-corrected chi connectivity index (χ0v) is 11.3. The molecule has 94 valence electrons. The fourth-order valence-corrected chi connectivity index (χ4v) is 2.12. The highest BCUT2D eigenvalue weighted by atomic mass is 79.9. The van der Waals surface area contributed by atoms with Crippen LogP contribution in [-0.4, -0.2) is 46.3 Å². The number of nitrogens with zero attached hydrogens (tertiary/aromatic N) is 4. The molecule has 0 radical (unpaired) electrons. The predicted octanol–water partition coefficient (Wildman–Crippen LogP) is 1.04. The third-order valence-corrected chi connectivity index (χ3v) is 3.31. The number of H-pyrrole nitrogens is 1. The van der Waals surface area contributed by atoms with Gasteiger partial charge < -0.3 is 10.2 Å². The Morgan fingerprint density at radius 3 is 2.78 bits per heavy atom. The minimum absolute atomic E-state index is 0.705. The summed E-state index contributed by atoms with van der Waals surface area (Å²) < 4.78 is 0.952. The van der Waals surface area contributed by atoms with Crippen molar-refractivity contribution in [2.24, 2.45) is 0 Å². The van der Waals surface area contributed by atoms with E-state index in [0.717, 1.165) is 42.3 Å². The van der Waals surface area contributed by atoms with Crippen molar-refractivity contribution in [2.75, 3.05) is 31.1 Å². The van der Waals surface area contributed by atoms with Crippen LogP contribution < -0.4 is 10.2 Å². The maximum atomic E-state index is 4.49. The van der Waals surface area contributed by atoms with Crippen LogP contribution in [0.4, 0.5) is 5.95 Å². The van der Waals surface area contributed by atoms with Gasteiger partial charge in [-0.05, 0) is 28.1 Å². The van der Waals surface area contributed by atoms with E-state index in [4.69, 9.17) is 0 Å². The lowest BCUT2D eigenvalue weighted by Crippen LogP contribution is -2.44. The molecule has 1 fully saturated rings. The van der Waals surface area contributed by atoms with Crippen LogP contribution in [0.15, 0.2) is 22.8 Å². The molecule has 0 aromatic carbocycles. The Hall–Kier alpha value is -1.47. The van der Waals surface area contributed by atoms with E-state index >= 15 is 0 Å².